The lowest BCUT2D eigenvalue weighted by Gasteiger charge is -2.14. The van der Waals surface area contributed by atoms with Gasteiger partial charge in [-0.15, -0.1) is 0 Å². The zero-order chi connectivity index (χ0) is 18.6. The van der Waals surface area contributed by atoms with Gasteiger partial charge < -0.3 is 15.8 Å². The van der Waals surface area contributed by atoms with E-state index in [0.717, 1.165) is 0 Å². The molecule has 0 saturated carbocycles. The molecular weight excluding hydrogens is 474 g/mol. The Morgan fingerprint density at radius 2 is 1.84 bits per heavy atom. The predicted molar refractivity (Wildman–Crippen MR) is 107 cm³/mol. The second-order valence-corrected chi connectivity index (χ2v) is 6.96. The van der Waals surface area contributed by atoms with Crippen molar-refractivity contribution >= 4 is 66.7 Å². The van der Waals surface area contributed by atoms with Crippen LogP contribution in [0.15, 0.2) is 45.3 Å². The highest BCUT2D eigenvalue weighted by atomic mass is 79.9. The summed E-state index contributed by atoms with van der Waals surface area (Å²) in [6.45, 7) is 0. The monoisotopic (exact) mass is 485 g/mol. The molecule has 0 spiro atoms. The van der Waals surface area contributed by atoms with Gasteiger partial charge in [-0.3, -0.25) is 14.9 Å². The molecule has 0 aliphatic carbocycles. The Bertz CT molecular complexity index is 859. The van der Waals surface area contributed by atoms with Crippen LogP contribution >= 0.6 is 44.1 Å². The van der Waals surface area contributed by atoms with Gasteiger partial charge in [0.25, 0.3) is 11.8 Å². The van der Waals surface area contributed by atoms with Crippen molar-refractivity contribution in [1.29, 1.82) is 0 Å². The van der Waals surface area contributed by atoms with Gasteiger partial charge in [-0.2, -0.15) is 0 Å². The summed E-state index contributed by atoms with van der Waals surface area (Å²) in [6.07, 6.45) is 0. The molecule has 2 rings (SSSR count). The number of thiocarbonyl (C=S) groups is 1. The van der Waals surface area contributed by atoms with Gasteiger partial charge in [0.05, 0.1) is 28.4 Å². The summed E-state index contributed by atoms with van der Waals surface area (Å²) in [5, 5.41) is 5.37. The van der Waals surface area contributed by atoms with E-state index in [4.69, 9.17) is 22.7 Å². The number of anilines is 1. The minimum atomic E-state index is -0.602. The fourth-order valence-electron chi connectivity index (χ4n) is 2.07. The molecule has 0 heterocycles. The Hall–Kier alpha value is -1.97. The summed E-state index contributed by atoms with van der Waals surface area (Å²) in [4.78, 5) is 23.9. The second kappa shape index (κ2) is 8.41. The lowest BCUT2D eigenvalue weighted by atomic mass is 10.1. The maximum absolute atomic E-state index is 12.5. The first-order valence-corrected chi connectivity index (χ1v) is 8.87. The molecular formula is C16H13Br2N3O3S. The number of primary amides is 1. The van der Waals surface area contributed by atoms with E-state index in [-0.39, 0.29) is 16.2 Å². The van der Waals surface area contributed by atoms with Crippen molar-refractivity contribution in [1.82, 2.24) is 5.32 Å². The predicted octanol–water partition coefficient (Wildman–Crippen LogP) is 3.45. The molecule has 0 aliphatic rings. The van der Waals surface area contributed by atoms with Gasteiger partial charge in [0.1, 0.15) is 5.75 Å². The van der Waals surface area contributed by atoms with E-state index in [1.165, 1.54) is 7.11 Å². The number of nitrogens with two attached hydrogens (primary N) is 1. The SMILES string of the molecule is COc1c(Br)cc(Br)cc1C(=O)NC(=S)Nc1ccccc1C(N)=O. The number of amides is 2. The third kappa shape index (κ3) is 4.77. The molecule has 9 heteroatoms. The van der Waals surface area contributed by atoms with Crippen LogP contribution in [0.1, 0.15) is 20.7 Å². The number of halogens is 2. The molecule has 0 aliphatic heterocycles. The number of nitrogens with one attached hydrogen (secondary N) is 2. The Balaban J connectivity index is 2.20. The van der Waals surface area contributed by atoms with Crippen molar-refractivity contribution in [2.24, 2.45) is 5.73 Å². The first kappa shape index (κ1) is 19.4. The van der Waals surface area contributed by atoms with Crippen LogP contribution in [-0.2, 0) is 0 Å². The number of carbonyl (C=O) groups excluding carboxylic acids is 2. The highest BCUT2D eigenvalue weighted by Crippen LogP contribution is 2.32. The van der Waals surface area contributed by atoms with Crippen LogP contribution < -0.4 is 21.1 Å². The van der Waals surface area contributed by atoms with Crippen LogP contribution in [0, 0.1) is 0 Å². The van der Waals surface area contributed by atoms with E-state index >= 15 is 0 Å². The van der Waals surface area contributed by atoms with E-state index in [1.54, 1.807) is 36.4 Å². The minimum Gasteiger partial charge on any atom is -0.495 e. The number of methoxy groups -OCH3 is 1. The molecule has 0 saturated heterocycles. The van der Waals surface area contributed by atoms with Crippen LogP contribution in [0.2, 0.25) is 0 Å². The number of rotatable bonds is 4. The van der Waals surface area contributed by atoms with Gasteiger partial charge in [-0.05, 0) is 52.4 Å². The summed E-state index contributed by atoms with van der Waals surface area (Å²) in [7, 11) is 1.46. The Labute approximate surface area is 166 Å². The zero-order valence-corrected chi connectivity index (χ0v) is 16.9. The van der Waals surface area contributed by atoms with Gasteiger partial charge in [0, 0.05) is 4.47 Å². The smallest absolute Gasteiger partial charge is 0.261 e. The summed E-state index contributed by atoms with van der Waals surface area (Å²) in [5.74, 6) is -0.691. The van der Waals surface area contributed by atoms with Crippen molar-refractivity contribution in [3.05, 3.63) is 56.5 Å². The highest BCUT2D eigenvalue weighted by molar-refractivity contribution is 9.11. The lowest BCUT2D eigenvalue weighted by molar-refractivity contribution is 0.0972. The van der Waals surface area contributed by atoms with Gasteiger partial charge >= 0.3 is 0 Å². The molecule has 0 radical (unpaired) electrons. The van der Waals surface area contributed by atoms with Gasteiger partial charge in [-0.25, -0.2) is 0 Å². The van der Waals surface area contributed by atoms with Crippen LogP contribution in [0.3, 0.4) is 0 Å². The molecule has 0 atom stereocenters. The van der Waals surface area contributed by atoms with Crippen LogP contribution in [-0.4, -0.2) is 24.0 Å². The topological polar surface area (TPSA) is 93.4 Å². The summed E-state index contributed by atoms with van der Waals surface area (Å²) >= 11 is 11.8. The van der Waals surface area contributed by atoms with Crippen LogP contribution in [0.5, 0.6) is 5.75 Å². The average molecular weight is 487 g/mol. The fraction of sp³-hybridized carbons (Fsp3) is 0.0625. The summed E-state index contributed by atoms with van der Waals surface area (Å²) in [5.41, 5.74) is 6.28. The van der Waals surface area contributed by atoms with E-state index in [1.807, 2.05) is 0 Å². The first-order chi connectivity index (χ1) is 11.8. The minimum absolute atomic E-state index is 0.0249. The van der Waals surface area contributed by atoms with Gasteiger partial charge in [0.15, 0.2) is 5.11 Å². The number of hydrogen-bond acceptors (Lipinski definition) is 4. The maximum atomic E-state index is 12.5. The van der Waals surface area contributed by atoms with E-state index in [9.17, 15) is 9.59 Å². The van der Waals surface area contributed by atoms with Crippen molar-refractivity contribution in [3.63, 3.8) is 0 Å². The largest absolute Gasteiger partial charge is 0.495 e. The maximum Gasteiger partial charge on any atom is 0.261 e. The summed E-state index contributed by atoms with van der Waals surface area (Å²) in [6, 6.07) is 9.96. The third-order valence-electron chi connectivity index (χ3n) is 3.12. The number of para-hydroxylation sites is 1. The van der Waals surface area contributed by atoms with E-state index < -0.39 is 11.8 Å². The molecule has 6 nitrogen and oxygen atoms in total. The van der Waals surface area contributed by atoms with E-state index in [2.05, 4.69) is 42.5 Å². The number of ether oxygens (including phenoxy) is 1. The molecule has 2 aromatic rings. The average Bonchev–Trinajstić information content (AvgIpc) is 2.54. The molecule has 130 valence electrons. The Morgan fingerprint density at radius 1 is 1.16 bits per heavy atom. The van der Waals surface area contributed by atoms with Crippen molar-refractivity contribution in [2.45, 2.75) is 0 Å². The molecule has 0 aromatic heterocycles. The van der Waals surface area contributed by atoms with Crippen molar-refractivity contribution < 1.29 is 14.3 Å². The van der Waals surface area contributed by atoms with Crippen molar-refractivity contribution in [3.8, 4) is 5.75 Å². The quantitative estimate of drug-likeness (QED) is 0.575. The standard InChI is InChI=1S/C16H13Br2N3O3S/c1-24-13-10(6-8(17)7-11(13)18)15(23)21-16(25)20-12-5-3-2-4-9(12)14(19)22/h2-7H,1H3,(H2,19,22)(H2,20,21,23,25). The lowest BCUT2D eigenvalue weighted by Crippen LogP contribution is -2.35. The summed E-state index contributed by atoms with van der Waals surface area (Å²) < 4.78 is 6.56. The Kier molecular flexibility index (Phi) is 6.51. The molecule has 2 amide bonds. The molecule has 0 unspecified atom stereocenters. The van der Waals surface area contributed by atoms with Crippen LogP contribution in [0.25, 0.3) is 0 Å². The number of carbonyl (C=O) groups is 2. The molecule has 2 aromatic carbocycles. The van der Waals surface area contributed by atoms with E-state index in [0.29, 0.717) is 20.4 Å². The molecule has 0 fully saturated rings. The third-order valence-corrected chi connectivity index (χ3v) is 4.38. The molecule has 0 bridgehead atoms. The van der Waals surface area contributed by atoms with Crippen molar-refractivity contribution in [2.75, 3.05) is 12.4 Å². The van der Waals surface area contributed by atoms with Gasteiger partial charge in [0.2, 0.25) is 0 Å². The zero-order valence-electron chi connectivity index (χ0n) is 12.9. The van der Waals surface area contributed by atoms with Gasteiger partial charge in [-0.1, -0.05) is 28.1 Å². The normalized spacial score (nSPS) is 10.0. The number of benzene rings is 2. The van der Waals surface area contributed by atoms with Crippen LogP contribution in [0.4, 0.5) is 5.69 Å². The molecule has 25 heavy (non-hydrogen) atoms. The number of hydrogen-bond donors (Lipinski definition) is 3. The molecule has 4 N–H and O–H groups in total. The first-order valence-electron chi connectivity index (χ1n) is 6.87. The highest BCUT2D eigenvalue weighted by Gasteiger charge is 2.18. The fourth-order valence-corrected chi connectivity index (χ4v) is 3.66. The second-order valence-electron chi connectivity index (χ2n) is 4.79. The Morgan fingerprint density at radius 3 is 2.48 bits per heavy atom.